The van der Waals surface area contributed by atoms with Gasteiger partial charge in [0.2, 0.25) is 23.6 Å². The lowest BCUT2D eigenvalue weighted by Crippen LogP contribution is -2.43. The maximum Gasteiger partial charge on any atom is 0.320 e. The van der Waals surface area contributed by atoms with E-state index >= 15 is 0 Å². The minimum Gasteiger partial charge on any atom is -0.491 e. The maximum absolute atomic E-state index is 11.2. The van der Waals surface area contributed by atoms with E-state index in [1.54, 1.807) is 0 Å². The third-order valence-electron chi connectivity index (χ3n) is 6.56. The first-order valence-corrected chi connectivity index (χ1v) is 19.5. The zero-order valence-corrected chi connectivity index (χ0v) is 37.0. The molecule has 0 aliphatic heterocycles. The van der Waals surface area contributed by atoms with Gasteiger partial charge in [-0.1, -0.05) is 24.3 Å². The van der Waals surface area contributed by atoms with Crippen LogP contribution < -0.4 is 48.4 Å². The van der Waals surface area contributed by atoms with Gasteiger partial charge in [-0.2, -0.15) is 0 Å². The Bertz CT molecular complexity index is 1500. The van der Waals surface area contributed by atoms with Gasteiger partial charge in [0.15, 0.2) is 0 Å². The van der Waals surface area contributed by atoms with E-state index in [-0.39, 0.29) is 54.5 Å². The average Bonchev–Trinajstić information content (AvgIpc) is 3.07. The minimum absolute atomic E-state index is 0.0370. The van der Waals surface area contributed by atoms with Crippen LogP contribution in [0.15, 0.2) is 48.5 Å². The van der Waals surface area contributed by atoms with Crippen molar-refractivity contribution in [2.24, 2.45) is 22.9 Å². The molecule has 0 spiro atoms. The van der Waals surface area contributed by atoms with Crippen LogP contribution in [-0.4, -0.2) is 94.2 Å². The lowest BCUT2D eigenvalue weighted by molar-refractivity contribution is -0.139. The summed E-state index contributed by atoms with van der Waals surface area (Å²) in [6.07, 6.45) is 1.32. The van der Waals surface area contributed by atoms with Gasteiger partial charge in [-0.15, -0.1) is 0 Å². The number of primary amides is 1. The van der Waals surface area contributed by atoms with Crippen molar-refractivity contribution < 1.29 is 48.5 Å². The predicted octanol–water partition coefficient (Wildman–Crippen LogP) is 3.02. The summed E-state index contributed by atoms with van der Waals surface area (Å²) in [7, 11) is 0. The number of rotatable bonds is 17. The van der Waals surface area contributed by atoms with Gasteiger partial charge >= 0.3 is 11.9 Å². The van der Waals surface area contributed by atoms with Crippen LogP contribution >= 0.6 is 0 Å². The molecule has 13 N–H and O–H groups in total. The lowest BCUT2D eigenvalue weighted by Gasteiger charge is -2.13. The third-order valence-corrected chi connectivity index (χ3v) is 6.56. The largest absolute Gasteiger partial charge is 0.491 e. The van der Waals surface area contributed by atoms with Gasteiger partial charge in [-0.05, 0) is 124 Å². The molecule has 2 rings (SSSR count). The number of carbonyl (C=O) groups is 6. The Morgan fingerprint density at radius 1 is 0.576 bits per heavy atom. The van der Waals surface area contributed by atoms with Crippen molar-refractivity contribution in [2.45, 2.75) is 157 Å². The van der Waals surface area contributed by atoms with E-state index in [4.69, 9.17) is 42.6 Å². The molecular formula is C42H73N7O10. The highest BCUT2D eigenvalue weighted by atomic mass is 16.5. The molecule has 0 aliphatic carbocycles. The molecule has 0 fully saturated rings. The highest BCUT2D eigenvalue weighted by Crippen LogP contribution is 2.16. The molecule has 4 amide bonds. The molecule has 336 valence electrons. The second kappa shape index (κ2) is 32.7. The van der Waals surface area contributed by atoms with Crippen LogP contribution in [0.1, 0.15) is 107 Å². The van der Waals surface area contributed by atoms with Crippen molar-refractivity contribution in [2.75, 3.05) is 0 Å². The summed E-state index contributed by atoms with van der Waals surface area (Å²) in [5, 5.41) is 25.4. The summed E-state index contributed by atoms with van der Waals surface area (Å²) in [5.41, 5.74) is 23.1. The summed E-state index contributed by atoms with van der Waals surface area (Å²) < 4.78 is 11.0. The quantitative estimate of drug-likeness (QED) is 0.111. The van der Waals surface area contributed by atoms with Crippen LogP contribution in [0.25, 0.3) is 0 Å². The van der Waals surface area contributed by atoms with Crippen molar-refractivity contribution in [1.29, 1.82) is 0 Å². The number of nitrogens with one attached hydrogen (secondary N) is 3. The van der Waals surface area contributed by atoms with Crippen LogP contribution in [0.4, 0.5) is 0 Å². The van der Waals surface area contributed by atoms with Crippen molar-refractivity contribution in [3.63, 3.8) is 0 Å². The van der Waals surface area contributed by atoms with E-state index in [1.807, 2.05) is 118 Å². The molecule has 0 saturated carbocycles. The van der Waals surface area contributed by atoms with Crippen molar-refractivity contribution >= 4 is 35.6 Å². The number of carboxylic acids is 2. The molecule has 3 unspecified atom stereocenters. The molecule has 0 saturated heterocycles. The van der Waals surface area contributed by atoms with Gasteiger partial charge in [0.05, 0.1) is 18.2 Å². The van der Waals surface area contributed by atoms with Gasteiger partial charge in [0.25, 0.3) is 0 Å². The topological polar surface area (TPSA) is 302 Å². The number of carboxylic acid groups (broad SMARTS) is 2. The van der Waals surface area contributed by atoms with Crippen molar-refractivity contribution in [3.05, 3.63) is 59.7 Å². The number of hydrogen-bond donors (Lipinski definition) is 9. The molecule has 2 aromatic carbocycles. The van der Waals surface area contributed by atoms with E-state index in [1.165, 1.54) is 13.8 Å². The molecule has 0 aliphatic rings. The summed E-state index contributed by atoms with van der Waals surface area (Å²) >= 11 is 0. The van der Waals surface area contributed by atoms with Crippen LogP contribution in [0.2, 0.25) is 0 Å². The minimum atomic E-state index is -0.991. The number of amides is 4. The summed E-state index contributed by atoms with van der Waals surface area (Å²) in [6.45, 7) is 22.2. The Balaban J connectivity index is -0.000000692. The first kappa shape index (κ1) is 58.1. The number of nitrogens with two attached hydrogens (primary N) is 4. The van der Waals surface area contributed by atoms with E-state index in [0.29, 0.717) is 19.3 Å². The van der Waals surface area contributed by atoms with Gasteiger partial charge < -0.3 is 58.6 Å². The number of aliphatic carboxylic acids is 2. The van der Waals surface area contributed by atoms with E-state index in [9.17, 15) is 28.8 Å². The normalized spacial score (nSPS) is 11.7. The summed E-state index contributed by atoms with van der Waals surface area (Å²) in [4.78, 5) is 63.0. The average molecular weight is 836 g/mol. The highest BCUT2D eigenvalue weighted by molar-refractivity contribution is 5.82. The maximum atomic E-state index is 11.2. The smallest absolute Gasteiger partial charge is 0.320 e. The van der Waals surface area contributed by atoms with E-state index < -0.39 is 36.0 Å². The molecule has 0 aromatic heterocycles. The molecule has 3 atom stereocenters. The number of hydrogen-bond acceptors (Lipinski definition) is 11. The van der Waals surface area contributed by atoms with Gasteiger partial charge in [0.1, 0.15) is 23.6 Å². The monoisotopic (exact) mass is 836 g/mol. The number of ether oxygens (including phenoxy) is 2. The highest BCUT2D eigenvalue weighted by Gasteiger charge is 2.15. The van der Waals surface area contributed by atoms with Crippen LogP contribution in [0, 0.1) is 0 Å². The Morgan fingerprint density at radius 3 is 1.32 bits per heavy atom. The predicted molar refractivity (Wildman–Crippen MR) is 231 cm³/mol. The molecule has 59 heavy (non-hydrogen) atoms. The molecule has 17 heteroatoms. The van der Waals surface area contributed by atoms with Gasteiger partial charge in [0, 0.05) is 38.4 Å². The molecular weight excluding hydrogens is 763 g/mol. The fourth-order valence-corrected chi connectivity index (χ4v) is 4.31. The number of benzene rings is 2. The van der Waals surface area contributed by atoms with Crippen molar-refractivity contribution in [3.8, 4) is 11.5 Å². The molecule has 2 aromatic rings. The van der Waals surface area contributed by atoms with Gasteiger partial charge in [-0.25, -0.2) is 0 Å². The standard InChI is InChI=1S/2C12H17NO3.C8H17N3O2.2C5H11NO/c1-8(2)16-10-5-3-9(4-6-10)7-11(13)12(14)15;1-8(2)16-10-5-3-4-9(6-10)7-11(13)12(14)15;1-5(2)11-8(13)6(9)3-4-7(10)12;2*1-4(2)6-5(3)7/h2*3-6,8,11H,7,13H2,1-2H3,(H,14,15);5-6H,3-4,9H2,1-2H3,(H2,10,12)(H,11,13);2*4H,1-3H3,(H,6,7). The first-order valence-electron chi connectivity index (χ1n) is 19.5. The summed E-state index contributed by atoms with van der Waals surface area (Å²) in [6, 6.07) is 12.9. The molecule has 17 nitrogen and oxygen atoms in total. The molecule has 0 heterocycles. The lowest BCUT2D eigenvalue weighted by atomic mass is 10.1. The Morgan fingerprint density at radius 2 is 0.983 bits per heavy atom. The Hall–Kier alpha value is -5.26. The first-order chi connectivity index (χ1) is 27.2. The Labute approximate surface area is 350 Å². The third kappa shape index (κ3) is 38.0. The van der Waals surface area contributed by atoms with Crippen LogP contribution in [-0.2, 0) is 41.6 Å². The van der Waals surface area contributed by atoms with E-state index in [2.05, 4.69) is 16.0 Å². The zero-order valence-electron chi connectivity index (χ0n) is 37.0. The Kier molecular flexibility index (Phi) is 32.1. The molecule has 0 bridgehead atoms. The van der Waals surface area contributed by atoms with Gasteiger partial charge in [-0.3, -0.25) is 28.8 Å². The number of carbonyl (C=O) groups excluding carboxylic acids is 4. The van der Waals surface area contributed by atoms with Crippen molar-refractivity contribution in [1.82, 2.24) is 16.0 Å². The van der Waals surface area contributed by atoms with Crippen LogP contribution in [0.5, 0.6) is 11.5 Å². The SMILES string of the molecule is CC(=O)NC(C)C.CC(=O)NC(C)C.CC(C)NC(=O)C(N)CCC(N)=O.CC(C)Oc1ccc(CC(N)C(=O)O)cc1.CC(C)Oc1cccc(CC(N)C(=O)O)c1. The van der Waals surface area contributed by atoms with Crippen LogP contribution in [0.3, 0.4) is 0 Å². The second-order valence-corrected chi connectivity index (χ2v) is 14.9. The zero-order chi connectivity index (χ0) is 46.4. The van der Waals surface area contributed by atoms with E-state index in [0.717, 1.165) is 22.6 Å². The molecule has 0 radical (unpaired) electrons. The fourth-order valence-electron chi connectivity index (χ4n) is 4.31. The fraction of sp³-hybridized carbons (Fsp3) is 0.571. The summed E-state index contributed by atoms with van der Waals surface area (Å²) in [5.74, 6) is -1.06. The second-order valence-electron chi connectivity index (χ2n) is 14.9.